The van der Waals surface area contributed by atoms with Gasteiger partial charge in [-0.1, -0.05) is 19.8 Å². The maximum atomic E-state index is 5.68. The van der Waals surface area contributed by atoms with E-state index in [1.54, 1.807) is 0 Å². The van der Waals surface area contributed by atoms with Crippen molar-refractivity contribution in [3.05, 3.63) is 0 Å². The minimum absolute atomic E-state index is 0.483. The molecule has 0 spiro atoms. The van der Waals surface area contributed by atoms with Crippen LogP contribution in [0.2, 0.25) is 0 Å². The van der Waals surface area contributed by atoms with E-state index in [4.69, 9.17) is 4.74 Å². The summed E-state index contributed by atoms with van der Waals surface area (Å²) in [6.07, 6.45) is 7.49. The molecule has 15 heavy (non-hydrogen) atoms. The van der Waals surface area contributed by atoms with Crippen molar-refractivity contribution in [3.63, 3.8) is 0 Å². The van der Waals surface area contributed by atoms with Gasteiger partial charge in [0.1, 0.15) is 0 Å². The summed E-state index contributed by atoms with van der Waals surface area (Å²) >= 11 is 0. The van der Waals surface area contributed by atoms with Crippen LogP contribution in [0.5, 0.6) is 0 Å². The Bertz CT molecular complexity index is 191. The Morgan fingerprint density at radius 1 is 1.40 bits per heavy atom. The highest BCUT2D eigenvalue weighted by atomic mass is 16.5. The van der Waals surface area contributed by atoms with Gasteiger partial charge in [0, 0.05) is 12.0 Å². The van der Waals surface area contributed by atoms with Crippen molar-refractivity contribution in [2.75, 3.05) is 13.2 Å². The molecule has 1 aliphatic carbocycles. The third kappa shape index (κ3) is 3.46. The molecule has 0 aromatic carbocycles. The lowest BCUT2D eigenvalue weighted by atomic mass is 9.92. The SMILES string of the molecule is CCNC(CCC1CC1)C1COC(C)C1. The molecule has 3 unspecified atom stereocenters. The van der Waals surface area contributed by atoms with Gasteiger partial charge in [0.15, 0.2) is 0 Å². The molecule has 2 aliphatic rings. The van der Waals surface area contributed by atoms with E-state index in [2.05, 4.69) is 19.2 Å². The highest BCUT2D eigenvalue weighted by Gasteiger charge is 2.30. The fraction of sp³-hybridized carbons (Fsp3) is 1.00. The zero-order valence-electron chi connectivity index (χ0n) is 10.2. The number of rotatable bonds is 6. The van der Waals surface area contributed by atoms with E-state index < -0.39 is 0 Å². The minimum atomic E-state index is 0.483. The van der Waals surface area contributed by atoms with E-state index in [1.165, 1.54) is 32.1 Å². The van der Waals surface area contributed by atoms with E-state index in [-0.39, 0.29) is 0 Å². The maximum absolute atomic E-state index is 5.68. The molecule has 1 heterocycles. The maximum Gasteiger partial charge on any atom is 0.0551 e. The first-order valence-electron chi connectivity index (χ1n) is 6.64. The van der Waals surface area contributed by atoms with Crippen LogP contribution in [0.4, 0.5) is 0 Å². The molecule has 0 aromatic rings. The number of hydrogen-bond acceptors (Lipinski definition) is 2. The van der Waals surface area contributed by atoms with Crippen LogP contribution in [-0.4, -0.2) is 25.3 Å². The molecule has 2 fully saturated rings. The van der Waals surface area contributed by atoms with E-state index in [0.717, 1.165) is 25.0 Å². The summed E-state index contributed by atoms with van der Waals surface area (Å²) in [6.45, 7) is 6.48. The third-order valence-corrected chi connectivity index (χ3v) is 3.85. The molecule has 3 atom stereocenters. The van der Waals surface area contributed by atoms with Gasteiger partial charge in [-0.05, 0) is 38.6 Å². The van der Waals surface area contributed by atoms with Crippen LogP contribution >= 0.6 is 0 Å². The third-order valence-electron chi connectivity index (χ3n) is 3.85. The predicted octanol–water partition coefficient (Wildman–Crippen LogP) is 2.58. The lowest BCUT2D eigenvalue weighted by Crippen LogP contribution is -2.36. The van der Waals surface area contributed by atoms with Crippen molar-refractivity contribution in [1.82, 2.24) is 5.32 Å². The van der Waals surface area contributed by atoms with Gasteiger partial charge < -0.3 is 10.1 Å². The van der Waals surface area contributed by atoms with Crippen molar-refractivity contribution in [2.45, 2.75) is 58.1 Å². The van der Waals surface area contributed by atoms with Gasteiger partial charge in [-0.25, -0.2) is 0 Å². The van der Waals surface area contributed by atoms with Crippen LogP contribution in [0.15, 0.2) is 0 Å². The zero-order chi connectivity index (χ0) is 10.7. The minimum Gasteiger partial charge on any atom is -0.378 e. The Morgan fingerprint density at radius 3 is 2.73 bits per heavy atom. The summed E-state index contributed by atoms with van der Waals surface area (Å²) in [4.78, 5) is 0. The summed E-state index contributed by atoms with van der Waals surface area (Å²) in [5, 5.41) is 3.65. The Balaban J connectivity index is 1.75. The molecular weight excluding hydrogens is 186 g/mol. The Hall–Kier alpha value is -0.0800. The van der Waals surface area contributed by atoms with Crippen LogP contribution in [0.1, 0.15) is 46.0 Å². The molecule has 1 N–H and O–H groups in total. The molecule has 1 saturated heterocycles. The molecular formula is C13H25NO. The average Bonchev–Trinajstić information content (AvgIpc) is 2.95. The Kier molecular flexibility index (Phi) is 4.04. The molecule has 88 valence electrons. The first kappa shape index (κ1) is 11.4. The second kappa shape index (κ2) is 5.31. The average molecular weight is 211 g/mol. The summed E-state index contributed by atoms with van der Waals surface area (Å²) in [6, 6.07) is 0.709. The Labute approximate surface area is 93.8 Å². The molecule has 0 bridgehead atoms. The monoisotopic (exact) mass is 211 g/mol. The van der Waals surface area contributed by atoms with Crippen molar-refractivity contribution >= 4 is 0 Å². The highest BCUT2D eigenvalue weighted by Crippen LogP contribution is 2.35. The predicted molar refractivity (Wildman–Crippen MR) is 62.9 cm³/mol. The van der Waals surface area contributed by atoms with Gasteiger partial charge in [0.25, 0.3) is 0 Å². The lowest BCUT2D eigenvalue weighted by Gasteiger charge is -2.23. The van der Waals surface area contributed by atoms with E-state index in [9.17, 15) is 0 Å². The molecule has 0 aromatic heterocycles. The molecule has 1 aliphatic heterocycles. The lowest BCUT2D eigenvalue weighted by molar-refractivity contribution is 0.116. The van der Waals surface area contributed by atoms with Crippen molar-refractivity contribution in [2.24, 2.45) is 11.8 Å². The van der Waals surface area contributed by atoms with E-state index in [0.29, 0.717) is 12.1 Å². The van der Waals surface area contributed by atoms with Crippen LogP contribution in [0.3, 0.4) is 0 Å². The van der Waals surface area contributed by atoms with Gasteiger partial charge in [-0.2, -0.15) is 0 Å². The second-order valence-corrected chi connectivity index (χ2v) is 5.32. The summed E-state index contributed by atoms with van der Waals surface area (Å²) in [5.41, 5.74) is 0. The summed E-state index contributed by atoms with van der Waals surface area (Å²) in [7, 11) is 0. The highest BCUT2D eigenvalue weighted by molar-refractivity contribution is 4.84. The molecule has 0 radical (unpaired) electrons. The van der Waals surface area contributed by atoms with Crippen molar-refractivity contribution < 1.29 is 4.74 Å². The smallest absolute Gasteiger partial charge is 0.0551 e. The van der Waals surface area contributed by atoms with Crippen LogP contribution in [-0.2, 0) is 4.74 Å². The molecule has 2 nitrogen and oxygen atoms in total. The van der Waals surface area contributed by atoms with E-state index in [1.807, 2.05) is 0 Å². The van der Waals surface area contributed by atoms with Gasteiger partial charge in [0.2, 0.25) is 0 Å². The first-order valence-corrected chi connectivity index (χ1v) is 6.64. The summed E-state index contributed by atoms with van der Waals surface area (Å²) in [5.74, 6) is 1.82. The van der Waals surface area contributed by atoms with Gasteiger partial charge in [-0.15, -0.1) is 0 Å². The molecule has 0 amide bonds. The summed E-state index contributed by atoms with van der Waals surface area (Å²) < 4.78 is 5.68. The number of nitrogens with one attached hydrogen (secondary N) is 1. The van der Waals surface area contributed by atoms with Crippen molar-refractivity contribution in [1.29, 1.82) is 0 Å². The van der Waals surface area contributed by atoms with E-state index >= 15 is 0 Å². The van der Waals surface area contributed by atoms with Gasteiger partial charge in [-0.3, -0.25) is 0 Å². The van der Waals surface area contributed by atoms with Gasteiger partial charge >= 0.3 is 0 Å². The van der Waals surface area contributed by atoms with Crippen molar-refractivity contribution in [3.8, 4) is 0 Å². The Morgan fingerprint density at radius 2 is 2.20 bits per heavy atom. The quantitative estimate of drug-likeness (QED) is 0.729. The molecule has 2 rings (SSSR count). The van der Waals surface area contributed by atoms with Crippen LogP contribution in [0.25, 0.3) is 0 Å². The largest absolute Gasteiger partial charge is 0.378 e. The molecule has 1 saturated carbocycles. The number of hydrogen-bond donors (Lipinski definition) is 1. The van der Waals surface area contributed by atoms with Crippen LogP contribution < -0.4 is 5.32 Å². The van der Waals surface area contributed by atoms with Crippen LogP contribution in [0, 0.1) is 11.8 Å². The van der Waals surface area contributed by atoms with Gasteiger partial charge in [0.05, 0.1) is 12.7 Å². The second-order valence-electron chi connectivity index (χ2n) is 5.32. The number of ether oxygens (including phenoxy) is 1. The standard InChI is InChI=1S/C13H25NO/c1-3-14-13(7-6-11-4-5-11)12-8-10(2)15-9-12/h10-14H,3-9H2,1-2H3. The topological polar surface area (TPSA) is 21.3 Å². The zero-order valence-corrected chi connectivity index (χ0v) is 10.2. The molecule has 2 heteroatoms. The normalized spacial score (nSPS) is 33.2. The first-order chi connectivity index (χ1) is 7.29. The fourth-order valence-electron chi connectivity index (χ4n) is 2.72. The fourth-order valence-corrected chi connectivity index (χ4v) is 2.72.